The number of carbonyl (C=O) groups excluding carboxylic acids is 1. The molecule has 0 saturated heterocycles. The molecule has 0 spiro atoms. The number of hydrogen-bond acceptors (Lipinski definition) is 6. The molecular weight excluding hydrogens is 216 g/mol. The third kappa shape index (κ3) is 4.05. The zero-order valence-corrected chi connectivity index (χ0v) is 8.42. The van der Waals surface area contributed by atoms with Gasteiger partial charge >= 0.3 is 5.97 Å². The Morgan fingerprint density at radius 2 is 2.38 bits per heavy atom. The molecule has 8 nitrogen and oxygen atoms in total. The number of rotatable bonds is 6. The van der Waals surface area contributed by atoms with Crippen molar-refractivity contribution in [3.63, 3.8) is 0 Å². The van der Waals surface area contributed by atoms with Gasteiger partial charge in [0.25, 0.3) is 0 Å². The largest absolute Gasteiger partial charge is 0.481 e. The van der Waals surface area contributed by atoms with Crippen LogP contribution >= 0.6 is 0 Å². The number of aromatic nitrogens is 2. The number of carbonyl (C=O) groups is 2. The van der Waals surface area contributed by atoms with Crippen molar-refractivity contribution in [3.8, 4) is 0 Å². The van der Waals surface area contributed by atoms with Crippen molar-refractivity contribution in [2.45, 2.75) is 18.9 Å². The monoisotopic (exact) mass is 228 g/mol. The molecule has 1 heterocycles. The van der Waals surface area contributed by atoms with Gasteiger partial charge in [0, 0.05) is 13.0 Å². The Kier molecular flexibility index (Phi) is 4.40. The van der Waals surface area contributed by atoms with Crippen LogP contribution in [0.4, 0.5) is 0 Å². The summed E-state index contributed by atoms with van der Waals surface area (Å²) in [6.45, 7) is 0.283. The highest BCUT2D eigenvalue weighted by Gasteiger charge is 2.16. The molecule has 1 atom stereocenters. The molecule has 0 aliphatic heterocycles. The van der Waals surface area contributed by atoms with Crippen molar-refractivity contribution in [2.24, 2.45) is 5.73 Å². The van der Waals surface area contributed by atoms with Crippen molar-refractivity contribution in [1.29, 1.82) is 0 Å². The van der Waals surface area contributed by atoms with E-state index in [1.165, 1.54) is 6.39 Å². The summed E-state index contributed by atoms with van der Waals surface area (Å²) in [5, 5.41) is 14.4. The van der Waals surface area contributed by atoms with E-state index in [1.807, 2.05) is 0 Å². The van der Waals surface area contributed by atoms with Gasteiger partial charge in [-0.05, 0) is 0 Å². The van der Waals surface area contributed by atoms with Crippen LogP contribution < -0.4 is 11.1 Å². The van der Waals surface area contributed by atoms with Crippen LogP contribution in [-0.4, -0.2) is 39.7 Å². The van der Waals surface area contributed by atoms with Crippen LogP contribution in [0.25, 0.3) is 0 Å². The molecule has 4 N–H and O–H groups in total. The molecule has 0 aliphatic rings. The average Bonchev–Trinajstić information content (AvgIpc) is 2.69. The van der Waals surface area contributed by atoms with Gasteiger partial charge in [0.05, 0.1) is 12.5 Å². The van der Waals surface area contributed by atoms with Crippen molar-refractivity contribution in [2.75, 3.05) is 6.54 Å². The summed E-state index contributed by atoms with van der Waals surface area (Å²) in [7, 11) is 0. The fourth-order valence-electron chi connectivity index (χ4n) is 1.01. The van der Waals surface area contributed by atoms with Crippen LogP contribution in [0.15, 0.2) is 10.9 Å². The molecule has 88 valence electrons. The SMILES string of the molecule is NC(CC(=O)O)C(=O)NCCc1ncon1. The first-order chi connectivity index (χ1) is 7.59. The van der Waals surface area contributed by atoms with Crippen molar-refractivity contribution in [1.82, 2.24) is 15.5 Å². The summed E-state index contributed by atoms with van der Waals surface area (Å²) >= 11 is 0. The number of nitrogens with two attached hydrogens (primary N) is 1. The normalized spacial score (nSPS) is 12.1. The topological polar surface area (TPSA) is 131 Å². The van der Waals surface area contributed by atoms with Crippen molar-refractivity contribution in [3.05, 3.63) is 12.2 Å². The molecule has 16 heavy (non-hydrogen) atoms. The number of nitrogens with zero attached hydrogens (tertiary/aromatic N) is 2. The van der Waals surface area contributed by atoms with Gasteiger partial charge in [-0.25, -0.2) is 0 Å². The second-order valence-electron chi connectivity index (χ2n) is 3.09. The summed E-state index contributed by atoms with van der Waals surface area (Å²) in [4.78, 5) is 25.3. The third-order valence-corrected chi connectivity index (χ3v) is 1.79. The van der Waals surface area contributed by atoms with Crippen LogP contribution in [0, 0.1) is 0 Å². The molecule has 8 heteroatoms. The van der Waals surface area contributed by atoms with Crippen LogP contribution in [0.5, 0.6) is 0 Å². The summed E-state index contributed by atoms with van der Waals surface area (Å²) in [5.74, 6) is -1.15. The summed E-state index contributed by atoms with van der Waals surface area (Å²) in [6.07, 6.45) is 1.20. The lowest BCUT2D eigenvalue weighted by atomic mass is 10.2. The second kappa shape index (κ2) is 5.81. The number of aliphatic carboxylic acids is 1. The number of nitrogens with one attached hydrogen (secondary N) is 1. The minimum Gasteiger partial charge on any atom is -0.481 e. The van der Waals surface area contributed by atoms with Crippen LogP contribution in [0.3, 0.4) is 0 Å². The Hall–Kier alpha value is -1.96. The molecule has 0 fully saturated rings. The van der Waals surface area contributed by atoms with E-state index in [9.17, 15) is 9.59 Å². The molecule has 1 rings (SSSR count). The number of carboxylic acid groups (broad SMARTS) is 1. The standard InChI is InChI=1S/C8H12N4O4/c9-5(3-7(13)14)8(15)10-2-1-6-11-4-16-12-6/h4-5H,1-3,9H2,(H,10,15)(H,13,14). The summed E-state index contributed by atoms with van der Waals surface area (Å²) < 4.78 is 4.50. The minimum absolute atomic E-state index is 0.283. The molecular formula is C8H12N4O4. The maximum absolute atomic E-state index is 11.2. The van der Waals surface area contributed by atoms with E-state index in [0.29, 0.717) is 12.2 Å². The van der Waals surface area contributed by atoms with Gasteiger partial charge in [-0.3, -0.25) is 9.59 Å². The summed E-state index contributed by atoms with van der Waals surface area (Å²) in [5.41, 5.74) is 5.33. The Balaban J connectivity index is 2.22. The highest BCUT2D eigenvalue weighted by molar-refractivity contribution is 5.85. The Bertz CT molecular complexity index is 351. The van der Waals surface area contributed by atoms with Gasteiger partial charge in [0.2, 0.25) is 12.3 Å². The molecule has 1 aromatic rings. The lowest BCUT2D eigenvalue weighted by Gasteiger charge is -2.08. The maximum Gasteiger partial charge on any atom is 0.305 e. The molecule has 0 saturated carbocycles. The van der Waals surface area contributed by atoms with Gasteiger partial charge in [-0.15, -0.1) is 0 Å². The first-order valence-corrected chi connectivity index (χ1v) is 4.60. The highest BCUT2D eigenvalue weighted by Crippen LogP contribution is 1.90. The second-order valence-corrected chi connectivity index (χ2v) is 3.09. The zero-order chi connectivity index (χ0) is 12.0. The van der Waals surface area contributed by atoms with Crippen LogP contribution in [0.1, 0.15) is 12.2 Å². The van der Waals surface area contributed by atoms with Gasteiger partial charge in [-0.1, -0.05) is 5.16 Å². The van der Waals surface area contributed by atoms with E-state index >= 15 is 0 Å². The molecule has 0 aromatic carbocycles. The molecule has 0 bridgehead atoms. The molecule has 1 amide bonds. The van der Waals surface area contributed by atoms with E-state index in [2.05, 4.69) is 20.0 Å². The van der Waals surface area contributed by atoms with E-state index in [4.69, 9.17) is 10.8 Å². The fourth-order valence-corrected chi connectivity index (χ4v) is 1.01. The van der Waals surface area contributed by atoms with Crippen LogP contribution in [0.2, 0.25) is 0 Å². The van der Waals surface area contributed by atoms with Crippen LogP contribution in [-0.2, 0) is 16.0 Å². The van der Waals surface area contributed by atoms with E-state index in [-0.39, 0.29) is 6.54 Å². The van der Waals surface area contributed by atoms with Crippen molar-refractivity contribution < 1.29 is 19.2 Å². The molecule has 1 unspecified atom stereocenters. The minimum atomic E-state index is -1.11. The lowest BCUT2D eigenvalue weighted by molar-refractivity contribution is -0.139. The van der Waals surface area contributed by atoms with Crippen molar-refractivity contribution >= 4 is 11.9 Å². The smallest absolute Gasteiger partial charge is 0.305 e. The van der Waals surface area contributed by atoms with E-state index < -0.39 is 24.3 Å². The Morgan fingerprint density at radius 3 is 2.94 bits per heavy atom. The lowest BCUT2D eigenvalue weighted by Crippen LogP contribution is -2.42. The zero-order valence-electron chi connectivity index (χ0n) is 8.42. The van der Waals surface area contributed by atoms with E-state index in [0.717, 1.165) is 0 Å². The Labute approximate surface area is 90.8 Å². The first-order valence-electron chi connectivity index (χ1n) is 4.60. The molecule has 0 radical (unpaired) electrons. The predicted molar refractivity (Wildman–Crippen MR) is 51.2 cm³/mol. The maximum atomic E-state index is 11.2. The van der Waals surface area contributed by atoms with Gasteiger partial charge in [0.1, 0.15) is 0 Å². The number of amides is 1. The fraction of sp³-hybridized carbons (Fsp3) is 0.500. The Morgan fingerprint density at radius 1 is 1.62 bits per heavy atom. The first kappa shape index (κ1) is 12.1. The van der Waals surface area contributed by atoms with Gasteiger partial charge in [-0.2, -0.15) is 4.98 Å². The molecule has 0 aliphatic carbocycles. The number of carboxylic acids is 1. The van der Waals surface area contributed by atoms with E-state index in [1.54, 1.807) is 0 Å². The summed E-state index contributed by atoms with van der Waals surface area (Å²) in [6, 6.07) is -1.04. The quantitative estimate of drug-likeness (QED) is 0.541. The van der Waals surface area contributed by atoms with Gasteiger partial charge in [0.15, 0.2) is 5.82 Å². The molecule has 1 aromatic heterocycles. The van der Waals surface area contributed by atoms with Gasteiger partial charge < -0.3 is 20.7 Å². The third-order valence-electron chi connectivity index (χ3n) is 1.79. The highest BCUT2D eigenvalue weighted by atomic mass is 16.5. The average molecular weight is 228 g/mol. The number of hydrogen-bond donors (Lipinski definition) is 3. The predicted octanol–water partition coefficient (Wildman–Crippen LogP) is -1.47.